The summed E-state index contributed by atoms with van der Waals surface area (Å²) in [6, 6.07) is 0. The number of piperidine rings is 1. The minimum Gasteiger partial charge on any atom is -0.465 e. The number of nitrogens with zero attached hydrogens (tertiary/aromatic N) is 1. The van der Waals surface area contributed by atoms with E-state index in [2.05, 4.69) is 4.90 Å². The molecule has 100 valence electrons. The number of hydrogen-bond acceptors (Lipinski definition) is 5. The standard InChI is InChI=1S/C12H24N2O3/c1-4-17-11(15)12(2,13)9-14-7-5-6-10(8-14)16-3/h10H,4-9,13H2,1-3H3. The Hall–Kier alpha value is -0.650. The lowest BCUT2D eigenvalue weighted by molar-refractivity contribution is -0.150. The Morgan fingerprint density at radius 1 is 1.59 bits per heavy atom. The lowest BCUT2D eigenvalue weighted by Crippen LogP contribution is -2.56. The zero-order chi connectivity index (χ0) is 12.9. The van der Waals surface area contributed by atoms with Crippen LogP contribution in [0.1, 0.15) is 26.7 Å². The first-order chi connectivity index (χ1) is 7.99. The molecule has 0 aliphatic carbocycles. The largest absolute Gasteiger partial charge is 0.465 e. The van der Waals surface area contributed by atoms with Crippen LogP contribution < -0.4 is 5.73 Å². The predicted octanol–water partition coefficient (Wildman–Crippen LogP) is 0.378. The summed E-state index contributed by atoms with van der Waals surface area (Å²) in [7, 11) is 1.72. The molecule has 0 spiro atoms. The molecule has 1 rings (SSSR count). The van der Waals surface area contributed by atoms with E-state index in [1.54, 1.807) is 21.0 Å². The third-order valence-electron chi connectivity index (χ3n) is 3.09. The first-order valence-electron chi connectivity index (χ1n) is 6.21. The molecule has 0 bridgehead atoms. The number of hydrogen-bond donors (Lipinski definition) is 1. The highest BCUT2D eigenvalue weighted by atomic mass is 16.5. The van der Waals surface area contributed by atoms with Gasteiger partial charge < -0.3 is 15.2 Å². The van der Waals surface area contributed by atoms with Crippen LogP contribution in [0.15, 0.2) is 0 Å². The van der Waals surface area contributed by atoms with Gasteiger partial charge in [0.05, 0.1) is 12.7 Å². The Morgan fingerprint density at radius 2 is 2.29 bits per heavy atom. The van der Waals surface area contributed by atoms with E-state index in [4.69, 9.17) is 15.2 Å². The Bertz CT molecular complexity index is 256. The van der Waals surface area contributed by atoms with Gasteiger partial charge in [0.25, 0.3) is 0 Å². The second-order valence-electron chi connectivity index (χ2n) is 4.87. The average Bonchev–Trinajstić information content (AvgIpc) is 2.29. The lowest BCUT2D eigenvalue weighted by atomic mass is 10.0. The van der Waals surface area contributed by atoms with E-state index in [1.807, 2.05) is 0 Å². The van der Waals surface area contributed by atoms with Crippen LogP contribution in [0.2, 0.25) is 0 Å². The van der Waals surface area contributed by atoms with Crippen molar-refractivity contribution >= 4 is 5.97 Å². The van der Waals surface area contributed by atoms with Crippen molar-refractivity contribution in [3.05, 3.63) is 0 Å². The maximum absolute atomic E-state index is 11.7. The summed E-state index contributed by atoms with van der Waals surface area (Å²) in [5, 5.41) is 0. The van der Waals surface area contributed by atoms with Crippen molar-refractivity contribution in [2.75, 3.05) is 33.4 Å². The number of carbonyl (C=O) groups excluding carboxylic acids is 1. The van der Waals surface area contributed by atoms with Crippen LogP contribution in [0, 0.1) is 0 Å². The van der Waals surface area contributed by atoms with Crippen molar-refractivity contribution in [1.82, 2.24) is 4.90 Å². The van der Waals surface area contributed by atoms with E-state index in [1.165, 1.54) is 0 Å². The highest BCUT2D eigenvalue weighted by Gasteiger charge is 2.33. The third-order valence-corrected chi connectivity index (χ3v) is 3.09. The van der Waals surface area contributed by atoms with Gasteiger partial charge in [0.15, 0.2) is 0 Å². The topological polar surface area (TPSA) is 64.8 Å². The van der Waals surface area contributed by atoms with E-state index < -0.39 is 5.54 Å². The van der Waals surface area contributed by atoms with Gasteiger partial charge in [-0.2, -0.15) is 0 Å². The summed E-state index contributed by atoms with van der Waals surface area (Å²) in [5.74, 6) is -0.334. The zero-order valence-electron chi connectivity index (χ0n) is 11.1. The summed E-state index contributed by atoms with van der Waals surface area (Å²) >= 11 is 0. The molecule has 2 unspecified atom stereocenters. The summed E-state index contributed by atoms with van der Waals surface area (Å²) in [6.45, 7) is 6.20. The normalized spacial score (nSPS) is 25.3. The Balaban J connectivity index is 2.48. The molecule has 5 heteroatoms. The van der Waals surface area contributed by atoms with Crippen molar-refractivity contribution in [1.29, 1.82) is 0 Å². The number of carbonyl (C=O) groups is 1. The predicted molar refractivity (Wildman–Crippen MR) is 65.7 cm³/mol. The van der Waals surface area contributed by atoms with E-state index in [0.717, 1.165) is 25.9 Å². The van der Waals surface area contributed by atoms with Crippen LogP contribution in [0.5, 0.6) is 0 Å². The minimum absolute atomic E-state index is 0.252. The van der Waals surface area contributed by atoms with Gasteiger partial charge in [-0.15, -0.1) is 0 Å². The van der Waals surface area contributed by atoms with Gasteiger partial charge in [0, 0.05) is 20.2 Å². The van der Waals surface area contributed by atoms with Gasteiger partial charge in [0.2, 0.25) is 0 Å². The van der Waals surface area contributed by atoms with Crippen molar-refractivity contribution in [3.8, 4) is 0 Å². The summed E-state index contributed by atoms with van der Waals surface area (Å²) in [4.78, 5) is 13.9. The second-order valence-corrected chi connectivity index (χ2v) is 4.87. The maximum atomic E-state index is 11.7. The number of methoxy groups -OCH3 is 1. The van der Waals surface area contributed by atoms with Crippen molar-refractivity contribution in [3.63, 3.8) is 0 Å². The molecule has 1 fully saturated rings. The summed E-state index contributed by atoms with van der Waals surface area (Å²) in [5.41, 5.74) is 5.07. The van der Waals surface area contributed by atoms with Gasteiger partial charge in [-0.05, 0) is 33.2 Å². The first kappa shape index (κ1) is 14.4. The number of esters is 1. The van der Waals surface area contributed by atoms with Crippen LogP contribution >= 0.6 is 0 Å². The molecule has 0 aromatic carbocycles. The molecule has 2 N–H and O–H groups in total. The van der Waals surface area contributed by atoms with Crippen LogP contribution in [-0.2, 0) is 14.3 Å². The number of likely N-dealkylation sites (tertiary alicyclic amines) is 1. The molecular weight excluding hydrogens is 220 g/mol. The van der Waals surface area contributed by atoms with Gasteiger partial charge in [0.1, 0.15) is 5.54 Å². The molecule has 0 radical (unpaired) electrons. The van der Waals surface area contributed by atoms with Crippen LogP contribution in [0.3, 0.4) is 0 Å². The van der Waals surface area contributed by atoms with E-state index in [0.29, 0.717) is 13.2 Å². The van der Waals surface area contributed by atoms with Gasteiger partial charge in [-0.3, -0.25) is 9.69 Å². The van der Waals surface area contributed by atoms with Crippen molar-refractivity contribution in [2.45, 2.75) is 38.3 Å². The number of rotatable bonds is 5. The zero-order valence-corrected chi connectivity index (χ0v) is 11.1. The monoisotopic (exact) mass is 244 g/mol. The molecule has 0 amide bonds. The fourth-order valence-electron chi connectivity index (χ4n) is 2.17. The van der Waals surface area contributed by atoms with Crippen molar-refractivity contribution in [2.24, 2.45) is 5.73 Å². The number of nitrogens with two attached hydrogens (primary N) is 1. The highest BCUT2D eigenvalue weighted by molar-refractivity contribution is 5.80. The molecular formula is C12H24N2O3. The molecule has 1 heterocycles. The van der Waals surface area contributed by atoms with E-state index in [9.17, 15) is 4.79 Å². The first-order valence-corrected chi connectivity index (χ1v) is 6.21. The fraction of sp³-hybridized carbons (Fsp3) is 0.917. The molecule has 0 aromatic heterocycles. The molecule has 17 heavy (non-hydrogen) atoms. The van der Waals surface area contributed by atoms with Crippen LogP contribution in [0.4, 0.5) is 0 Å². The summed E-state index contributed by atoms with van der Waals surface area (Å²) in [6.07, 6.45) is 2.41. The van der Waals surface area contributed by atoms with Gasteiger partial charge in [-0.1, -0.05) is 0 Å². The molecule has 1 saturated heterocycles. The van der Waals surface area contributed by atoms with Crippen LogP contribution in [0.25, 0.3) is 0 Å². The smallest absolute Gasteiger partial charge is 0.327 e. The van der Waals surface area contributed by atoms with E-state index >= 15 is 0 Å². The van der Waals surface area contributed by atoms with Crippen molar-refractivity contribution < 1.29 is 14.3 Å². The molecule has 1 aliphatic rings. The fourth-order valence-corrected chi connectivity index (χ4v) is 2.17. The molecule has 2 atom stereocenters. The Kier molecular flexibility index (Phi) is 5.36. The molecule has 1 aliphatic heterocycles. The Morgan fingerprint density at radius 3 is 2.88 bits per heavy atom. The Labute approximate surface area is 103 Å². The third kappa shape index (κ3) is 4.26. The van der Waals surface area contributed by atoms with Gasteiger partial charge >= 0.3 is 5.97 Å². The molecule has 0 aromatic rings. The van der Waals surface area contributed by atoms with Crippen LogP contribution in [-0.4, -0.2) is 55.9 Å². The average molecular weight is 244 g/mol. The molecule has 5 nitrogen and oxygen atoms in total. The number of ether oxygens (including phenoxy) is 2. The SMILES string of the molecule is CCOC(=O)C(C)(N)CN1CCCC(OC)C1. The minimum atomic E-state index is -0.939. The lowest BCUT2D eigenvalue weighted by Gasteiger charge is -2.36. The van der Waals surface area contributed by atoms with Gasteiger partial charge in [-0.25, -0.2) is 0 Å². The van der Waals surface area contributed by atoms with E-state index in [-0.39, 0.29) is 12.1 Å². The quantitative estimate of drug-likeness (QED) is 0.708. The summed E-state index contributed by atoms with van der Waals surface area (Å²) < 4.78 is 10.3. The second kappa shape index (κ2) is 6.33. The maximum Gasteiger partial charge on any atom is 0.327 e. The molecule has 0 saturated carbocycles. The highest BCUT2D eigenvalue weighted by Crippen LogP contribution is 2.15.